The lowest BCUT2D eigenvalue weighted by molar-refractivity contribution is -0.108. The lowest BCUT2D eigenvalue weighted by Gasteiger charge is -2.01. The standard InChI is InChI=1S/C19H27ClO3/c20-19(22)15-14-18-13-12-17(23-18)11-9-7-5-3-1-2-4-6-8-10-16-21/h12-16H,1-11H2/b15-14+. The smallest absolute Gasteiger partial charge is 0.245 e. The van der Waals surface area contributed by atoms with Crippen molar-refractivity contribution in [2.75, 3.05) is 0 Å². The van der Waals surface area contributed by atoms with Gasteiger partial charge in [0.1, 0.15) is 17.8 Å². The summed E-state index contributed by atoms with van der Waals surface area (Å²) in [5.74, 6) is 1.63. The van der Waals surface area contributed by atoms with Gasteiger partial charge in [-0.25, -0.2) is 0 Å². The van der Waals surface area contributed by atoms with Gasteiger partial charge in [-0.15, -0.1) is 0 Å². The molecule has 0 saturated heterocycles. The third kappa shape index (κ3) is 10.9. The van der Waals surface area contributed by atoms with E-state index in [1.165, 1.54) is 51.0 Å². The first kappa shape index (κ1) is 19.7. The van der Waals surface area contributed by atoms with E-state index in [0.29, 0.717) is 12.2 Å². The molecule has 0 bridgehead atoms. The zero-order valence-corrected chi connectivity index (χ0v) is 14.5. The zero-order chi connectivity index (χ0) is 16.8. The van der Waals surface area contributed by atoms with Crippen molar-refractivity contribution in [2.45, 2.75) is 70.6 Å². The number of furan rings is 1. The number of allylic oxidation sites excluding steroid dienone is 1. The van der Waals surface area contributed by atoms with Gasteiger partial charge in [-0.05, 0) is 42.7 Å². The van der Waals surface area contributed by atoms with Gasteiger partial charge in [-0.2, -0.15) is 0 Å². The average Bonchev–Trinajstić information content (AvgIpc) is 2.98. The highest BCUT2D eigenvalue weighted by Gasteiger charge is 2.00. The van der Waals surface area contributed by atoms with Crippen LogP contribution in [0.15, 0.2) is 22.6 Å². The molecule has 0 aromatic carbocycles. The molecule has 0 aliphatic carbocycles. The molecule has 1 heterocycles. The molecule has 1 aromatic rings. The number of halogens is 1. The Morgan fingerprint density at radius 2 is 1.57 bits per heavy atom. The van der Waals surface area contributed by atoms with Crippen molar-refractivity contribution in [2.24, 2.45) is 0 Å². The summed E-state index contributed by atoms with van der Waals surface area (Å²) in [5.41, 5.74) is 0. The van der Waals surface area contributed by atoms with Crippen molar-refractivity contribution < 1.29 is 14.0 Å². The van der Waals surface area contributed by atoms with Crippen molar-refractivity contribution in [3.63, 3.8) is 0 Å². The molecule has 0 N–H and O–H groups in total. The highest BCUT2D eigenvalue weighted by atomic mass is 35.5. The summed E-state index contributed by atoms with van der Waals surface area (Å²) in [7, 11) is 0. The van der Waals surface area contributed by atoms with Crippen LogP contribution in [-0.4, -0.2) is 11.5 Å². The van der Waals surface area contributed by atoms with E-state index in [4.69, 9.17) is 16.0 Å². The molecule has 0 fully saturated rings. The molecule has 0 aliphatic heterocycles. The molecule has 0 amide bonds. The lowest BCUT2D eigenvalue weighted by Crippen LogP contribution is -1.85. The normalized spacial score (nSPS) is 11.2. The van der Waals surface area contributed by atoms with Gasteiger partial charge < -0.3 is 9.21 Å². The Hall–Kier alpha value is -1.35. The Labute approximate surface area is 144 Å². The number of rotatable bonds is 14. The molecule has 128 valence electrons. The van der Waals surface area contributed by atoms with Crippen LogP contribution in [0, 0.1) is 0 Å². The van der Waals surface area contributed by atoms with E-state index in [1.54, 1.807) is 6.08 Å². The molecule has 0 radical (unpaired) electrons. The van der Waals surface area contributed by atoms with Crippen LogP contribution in [0.5, 0.6) is 0 Å². The van der Waals surface area contributed by atoms with E-state index >= 15 is 0 Å². The monoisotopic (exact) mass is 338 g/mol. The summed E-state index contributed by atoms with van der Waals surface area (Å²) in [6.45, 7) is 0. The van der Waals surface area contributed by atoms with Crippen LogP contribution in [0.4, 0.5) is 0 Å². The second-order valence-electron chi connectivity index (χ2n) is 5.83. The largest absolute Gasteiger partial charge is 0.462 e. The molecule has 0 saturated carbocycles. The highest BCUT2D eigenvalue weighted by molar-refractivity contribution is 6.66. The van der Waals surface area contributed by atoms with Crippen LogP contribution < -0.4 is 0 Å². The topological polar surface area (TPSA) is 47.3 Å². The minimum atomic E-state index is -0.494. The van der Waals surface area contributed by atoms with E-state index in [0.717, 1.165) is 31.3 Å². The first-order chi connectivity index (χ1) is 11.2. The quantitative estimate of drug-likeness (QED) is 0.189. The highest BCUT2D eigenvalue weighted by Crippen LogP contribution is 2.15. The van der Waals surface area contributed by atoms with E-state index in [1.807, 2.05) is 12.1 Å². The average molecular weight is 339 g/mol. The first-order valence-corrected chi connectivity index (χ1v) is 9.00. The summed E-state index contributed by atoms with van der Waals surface area (Å²) in [5, 5.41) is -0.494. The summed E-state index contributed by atoms with van der Waals surface area (Å²) in [4.78, 5) is 20.8. The number of carbonyl (C=O) groups excluding carboxylic acids is 2. The third-order valence-corrected chi connectivity index (χ3v) is 3.93. The summed E-state index contributed by atoms with van der Waals surface area (Å²) >= 11 is 5.24. The van der Waals surface area contributed by atoms with Crippen molar-refractivity contribution in [1.82, 2.24) is 0 Å². The Kier molecular flexibility index (Phi) is 11.2. The second kappa shape index (κ2) is 13.1. The maximum atomic E-state index is 10.6. The molecule has 23 heavy (non-hydrogen) atoms. The fourth-order valence-electron chi connectivity index (χ4n) is 2.53. The van der Waals surface area contributed by atoms with Crippen molar-refractivity contribution in [3.8, 4) is 0 Å². The number of hydrogen-bond acceptors (Lipinski definition) is 3. The van der Waals surface area contributed by atoms with Gasteiger partial charge in [-0.3, -0.25) is 4.79 Å². The summed E-state index contributed by atoms with van der Waals surface area (Å²) in [6.07, 6.45) is 16.5. The van der Waals surface area contributed by atoms with Gasteiger partial charge in [0.15, 0.2) is 0 Å². The van der Waals surface area contributed by atoms with Gasteiger partial charge in [0.05, 0.1) is 0 Å². The number of carbonyl (C=O) groups is 2. The molecule has 0 aliphatic rings. The molecule has 3 nitrogen and oxygen atoms in total. The van der Waals surface area contributed by atoms with Crippen molar-refractivity contribution in [3.05, 3.63) is 29.7 Å². The van der Waals surface area contributed by atoms with E-state index < -0.39 is 5.24 Å². The number of aryl methyl sites for hydroxylation is 1. The van der Waals surface area contributed by atoms with Gasteiger partial charge in [0.2, 0.25) is 5.24 Å². The van der Waals surface area contributed by atoms with Gasteiger partial charge in [0.25, 0.3) is 0 Å². The number of aldehydes is 1. The molecule has 1 aromatic heterocycles. The van der Waals surface area contributed by atoms with Crippen LogP contribution >= 0.6 is 11.6 Å². The van der Waals surface area contributed by atoms with Gasteiger partial charge in [0, 0.05) is 18.9 Å². The van der Waals surface area contributed by atoms with E-state index in [-0.39, 0.29) is 0 Å². The minimum absolute atomic E-state index is 0.494. The summed E-state index contributed by atoms with van der Waals surface area (Å²) in [6, 6.07) is 3.81. The van der Waals surface area contributed by atoms with Crippen LogP contribution in [0.2, 0.25) is 0 Å². The van der Waals surface area contributed by atoms with Crippen LogP contribution in [-0.2, 0) is 16.0 Å². The second-order valence-corrected chi connectivity index (χ2v) is 6.20. The van der Waals surface area contributed by atoms with Gasteiger partial charge in [-0.1, -0.05) is 44.9 Å². The van der Waals surface area contributed by atoms with Gasteiger partial charge >= 0.3 is 0 Å². The number of unbranched alkanes of at least 4 members (excludes halogenated alkanes) is 9. The molecule has 0 unspecified atom stereocenters. The Morgan fingerprint density at radius 1 is 0.957 bits per heavy atom. The van der Waals surface area contributed by atoms with Crippen LogP contribution in [0.3, 0.4) is 0 Å². The molecular weight excluding hydrogens is 312 g/mol. The SMILES string of the molecule is O=CCCCCCCCCCCCc1ccc(/C=C/C(=O)Cl)o1. The van der Waals surface area contributed by atoms with Crippen molar-refractivity contribution >= 4 is 29.2 Å². The molecule has 0 spiro atoms. The van der Waals surface area contributed by atoms with E-state index in [2.05, 4.69) is 0 Å². The molecule has 4 heteroatoms. The first-order valence-electron chi connectivity index (χ1n) is 8.62. The molecular formula is C19H27ClO3. The molecule has 1 rings (SSSR count). The maximum absolute atomic E-state index is 10.6. The minimum Gasteiger partial charge on any atom is -0.462 e. The van der Waals surface area contributed by atoms with E-state index in [9.17, 15) is 9.59 Å². The lowest BCUT2D eigenvalue weighted by atomic mass is 10.1. The third-order valence-electron chi connectivity index (χ3n) is 3.81. The Bertz CT molecular complexity index is 477. The predicted octanol–water partition coefficient (Wildman–Crippen LogP) is 5.70. The Morgan fingerprint density at radius 3 is 2.17 bits per heavy atom. The van der Waals surface area contributed by atoms with Crippen LogP contribution in [0.25, 0.3) is 6.08 Å². The number of hydrogen-bond donors (Lipinski definition) is 0. The molecule has 0 atom stereocenters. The Balaban J connectivity index is 1.97. The fraction of sp³-hybridized carbons (Fsp3) is 0.579. The zero-order valence-electron chi connectivity index (χ0n) is 13.8. The summed E-state index contributed by atoms with van der Waals surface area (Å²) < 4.78 is 5.60. The van der Waals surface area contributed by atoms with Crippen LogP contribution in [0.1, 0.15) is 75.7 Å². The fourth-order valence-corrected chi connectivity index (χ4v) is 2.59. The van der Waals surface area contributed by atoms with Crippen molar-refractivity contribution in [1.29, 1.82) is 0 Å². The maximum Gasteiger partial charge on any atom is 0.245 e. The predicted molar refractivity (Wildman–Crippen MR) is 94.5 cm³/mol.